The summed E-state index contributed by atoms with van der Waals surface area (Å²) in [5, 5.41) is 3.03. The predicted molar refractivity (Wildman–Crippen MR) is 125 cm³/mol. The fourth-order valence-electron chi connectivity index (χ4n) is 3.37. The number of benzene rings is 2. The van der Waals surface area contributed by atoms with E-state index in [0.29, 0.717) is 25.1 Å². The highest BCUT2D eigenvalue weighted by Gasteiger charge is 2.29. The molecule has 2 aromatic rings. The van der Waals surface area contributed by atoms with Gasteiger partial charge in [0.15, 0.2) is 6.61 Å². The van der Waals surface area contributed by atoms with Gasteiger partial charge >= 0.3 is 0 Å². The number of nitrogens with one attached hydrogen (secondary N) is 1. The summed E-state index contributed by atoms with van der Waals surface area (Å²) in [4.78, 5) is 27.8. The summed E-state index contributed by atoms with van der Waals surface area (Å²) in [5.41, 5.74) is 3.42. The summed E-state index contributed by atoms with van der Waals surface area (Å²) in [6.07, 6.45) is 2.08. The molecule has 1 N–H and O–H groups in total. The predicted octanol–water partition coefficient (Wildman–Crippen LogP) is 4.45. The van der Waals surface area contributed by atoms with Crippen LogP contribution in [0.15, 0.2) is 48.5 Å². The van der Waals surface area contributed by atoms with Crippen molar-refractivity contribution in [2.75, 3.05) is 13.2 Å². The van der Waals surface area contributed by atoms with E-state index in [1.807, 2.05) is 83.1 Å². The Morgan fingerprint density at radius 1 is 1.00 bits per heavy atom. The van der Waals surface area contributed by atoms with Gasteiger partial charge < -0.3 is 15.0 Å². The van der Waals surface area contributed by atoms with Gasteiger partial charge in [0.1, 0.15) is 11.8 Å². The first-order chi connectivity index (χ1) is 14.8. The van der Waals surface area contributed by atoms with E-state index in [-0.39, 0.29) is 24.5 Å². The molecule has 2 rings (SSSR count). The topological polar surface area (TPSA) is 58.6 Å². The van der Waals surface area contributed by atoms with Crippen molar-refractivity contribution >= 4 is 11.8 Å². The van der Waals surface area contributed by atoms with E-state index >= 15 is 0 Å². The minimum absolute atomic E-state index is 0.0689. The van der Waals surface area contributed by atoms with E-state index in [1.165, 1.54) is 5.56 Å². The SMILES string of the molecule is CCC(C)NC(=O)C(CC)N(CCc1ccccc1)C(=O)COc1ccc(C)c(C)c1. The molecule has 5 heteroatoms. The van der Waals surface area contributed by atoms with Crippen molar-refractivity contribution in [3.8, 4) is 5.75 Å². The zero-order valence-corrected chi connectivity index (χ0v) is 19.5. The number of hydrogen-bond acceptors (Lipinski definition) is 3. The van der Waals surface area contributed by atoms with E-state index < -0.39 is 6.04 Å². The molecule has 0 saturated heterocycles. The average Bonchev–Trinajstić information content (AvgIpc) is 2.77. The third kappa shape index (κ3) is 7.42. The van der Waals surface area contributed by atoms with E-state index in [4.69, 9.17) is 4.74 Å². The number of hydrogen-bond donors (Lipinski definition) is 1. The largest absolute Gasteiger partial charge is 0.484 e. The fraction of sp³-hybridized carbons (Fsp3) is 0.462. The van der Waals surface area contributed by atoms with E-state index in [1.54, 1.807) is 4.90 Å². The highest BCUT2D eigenvalue weighted by atomic mass is 16.5. The molecular weight excluding hydrogens is 388 g/mol. The third-order valence-electron chi connectivity index (χ3n) is 5.71. The average molecular weight is 425 g/mol. The molecule has 0 radical (unpaired) electrons. The van der Waals surface area contributed by atoms with Crippen molar-refractivity contribution in [1.82, 2.24) is 10.2 Å². The second kappa shape index (κ2) is 12.1. The van der Waals surface area contributed by atoms with Gasteiger partial charge in [-0.2, -0.15) is 0 Å². The smallest absolute Gasteiger partial charge is 0.261 e. The molecule has 0 heterocycles. The summed E-state index contributed by atoms with van der Waals surface area (Å²) in [6, 6.07) is 15.3. The maximum atomic E-state index is 13.2. The van der Waals surface area contributed by atoms with Gasteiger partial charge in [-0.25, -0.2) is 0 Å². The Kier molecular flexibility index (Phi) is 9.57. The van der Waals surface area contributed by atoms with Crippen LogP contribution in [-0.4, -0.2) is 41.9 Å². The van der Waals surface area contributed by atoms with Crippen LogP contribution in [0, 0.1) is 13.8 Å². The van der Waals surface area contributed by atoms with Crippen LogP contribution < -0.4 is 10.1 Å². The normalized spacial score (nSPS) is 12.7. The highest BCUT2D eigenvalue weighted by Crippen LogP contribution is 2.17. The summed E-state index contributed by atoms with van der Waals surface area (Å²) in [6.45, 7) is 10.4. The Morgan fingerprint density at radius 3 is 2.32 bits per heavy atom. The first-order valence-corrected chi connectivity index (χ1v) is 11.2. The molecule has 0 saturated carbocycles. The van der Waals surface area contributed by atoms with Gasteiger partial charge in [-0.1, -0.05) is 50.2 Å². The summed E-state index contributed by atoms with van der Waals surface area (Å²) >= 11 is 0. The van der Waals surface area contributed by atoms with Crippen molar-refractivity contribution in [3.05, 3.63) is 65.2 Å². The first kappa shape index (κ1) is 24.4. The fourth-order valence-corrected chi connectivity index (χ4v) is 3.37. The Bertz CT molecular complexity index is 851. The number of carbonyl (C=O) groups is 2. The van der Waals surface area contributed by atoms with Gasteiger partial charge in [0, 0.05) is 12.6 Å². The molecule has 5 nitrogen and oxygen atoms in total. The maximum absolute atomic E-state index is 13.2. The van der Waals surface area contributed by atoms with Crippen LogP contribution in [0.2, 0.25) is 0 Å². The van der Waals surface area contributed by atoms with Crippen molar-refractivity contribution in [2.45, 2.75) is 66.0 Å². The minimum atomic E-state index is -0.520. The Morgan fingerprint density at radius 2 is 1.71 bits per heavy atom. The van der Waals surface area contributed by atoms with Crippen LogP contribution in [0.3, 0.4) is 0 Å². The summed E-state index contributed by atoms with van der Waals surface area (Å²) in [5.74, 6) is 0.376. The maximum Gasteiger partial charge on any atom is 0.261 e. The molecule has 31 heavy (non-hydrogen) atoms. The zero-order valence-electron chi connectivity index (χ0n) is 19.5. The van der Waals surface area contributed by atoms with Crippen LogP contribution >= 0.6 is 0 Å². The molecule has 168 valence electrons. The number of rotatable bonds is 11. The van der Waals surface area contributed by atoms with Gasteiger partial charge in [-0.3, -0.25) is 9.59 Å². The van der Waals surface area contributed by atoms with Crippen molar-refractivity contribution in [2.24, 2.45) is 0 Å². The molecule has 2 aromatic carbocycles. The van der Waals surface area contributed by atoms with Crippen molar-refractivity contribution in [3.63, 3.8) is 0 Å². The Hall–Kier alpha value is -2.82. The lowest BCUT2D eigenvalue weighted by Gasteiger charge is -2.31. The van der Waals surface area contributed by atoms with Gasteiger partial charge in [0.25, 0.3) is 5.91 Å². The summed E-state index contributed by atoms with van der Waals surface area (Å²) in [7, 11) is 0. The second-order valence-corrected chi connectivity index (χ2v) is 8.10. The molecule has 0 bridgehead atoms. The quantitative estimate of drug-likeness (QED) is 0.580. The van der Waals surface area contributed by atoms with Gasteiger partial charge in [-0.15, -0.1) is 0 Å². The third-order valence-corrected chi connectivity index (χ3v) is 5.71. The van der Waals surface area contributed by atoms with E-state index in [2.05, 4.69) is 5.32 Å². The van der Waals surface area contributed by atoms with Gasteiger partial charge in [0.2, 0.25) is 5.91 Å². The molecule has 0 spiro atoms. The molecular formula is C26H36N2O3. The molecule has 0 aliphatic heterocycles. The van der Waals surface area contributed by atoms with Crippen LogP contribution in [0.5, 0.6) is 5.75 Å². The number of amides is 2. The first-order valence-electron chi connectivity index (χ1n) is 11.2. The Balaban J connectivity index is 2.14. The molecule has 2 atom stereocenters. The summed E-state index contributed by atoms with van der Waals surface area (Å²) < 4.78 is 5.79. The van der Waals surface area contributed by atoms with Gasteiger partial charge in [-0.05, 0) is 68.9 Å². The Labute approximate surface area is 186 Å². The monoisotopic (exact) mass is 424 g/mol. The van der Waals surface area contributed by atoms with Crippen LogP contribution in [0.1, 0.15) is 50.3 Å². The van der Waals surface area contributed by atoms with Crippen molar-refractivity contribution < 1.29 is 14.3 Å². The molecule has 0 aliphatic carbocycles. The number of ether oxygens (including phenoxy) is 1. The van der Waals surface area contributed by atoms with Crippen LogP contribution in [0.4, 0.5) is 0 Å². The molecule has 2 amide bonds. The minimum Gasteiger partial charge on any atom is -0.484 e. The molecule has 0 aromatic heterocycles. The second-order valence-electron chi connectivity index (χ2n) is 8.10. The lowest BCUT2D eigenvalue weighted by molar-refractivity contribution is -0.142. The molecule has 2 unspecified atom stereocenters. The van der Waals surface area contributed by atoms with Crippen molar-refractivity contribution in [1.29, 1.82) is 0 Å². The molecule has 0 fully saturated rings. The molecule has 0 aliphatic rings. The highest BCUT2D eigenvalue weighted by molar-refractivity contribution is 5.88. The van der Waals surface area contributed by atoms with Crippen LogP contribution in [0.25, 0.3) is 0 Å². The number of carbonyl (C=O) groups excluding carboxylic acids is 2. The lowest BCUT2D eigenvalue weighted by atomic mass is 10.1. The van der Waals surface area contributed by atoms with Gasteiger partial charge in [0.05, 0.1) is 0 Å². The zero-order chi connectivity index (χ0) is 22.8. The van der Waals surface area contributed by atoms with Crippen LogP contribution in [-0.2, 0) is 16.0 Å². The van der Waals surface area contributed by atoms with E-state index in [0.717, 1.165) is 17.5 Å². The number of nitrogens with zero attached hydrogens (tertiary/aromatic N) is 1. The standard InChI is InChI=1S/C26H36N2O3/c1-6-21(5)27-26(30)24(7-2)28(16-15-22-11-9-8-10-12-22)25(29)18-31-23-14-13-19(3)20(4)17-23/h8-14,17,21,24H,6-7,15-16,18H2,1-5H3,(H,27,30). The number of aryl methyl sites for hydroxylation is 2. The lowest BCUT2D eigenvalue weighted by Crippen LogP contribution is -2.52. The van der Waals surface area contributed by atoms with E-state index in [9.17, 15) is 9.59 Å².